The number of carbonyl (C=O) groups is 2. The minimum absolute atomic E-state index is 0.0882. The quantitative estimate of drug-likeness (QED) is 0.662. The van der Waals surface area contributed by atoms with Crippen molar-refractivity contribution in [3.8, 4) is 11.4 Å². The lowest BCUT2D eigenvalue weighted by Gasteiger charge is -2.11. The van der Waals surface area contributed by atoms with Gasteiger partial charge in [-0.15, -0.1) is 10.2 Å². The van der Waals surface area contributed by atoms with Gasteiger partial charge in [0.25, 0.3) is 0 Å². The van der Waals surface area contributed by atoms with Gasteiger partial charge in [0.1, 0.15) is 0 Å². The molecule has 1 aromatic heterocycles. The van der Waals surface area contributed by atoms with Gasteiger partial charge in [-0.05, 0) is 12.5 Å². The van der Waals surface area contributed by atoms with Crippen LogP contribution >= 0.6 is 11.8 Å². The molecule has 0 bridgehead atoms. The summed E-state index contributed by atoms with van der Waals surface area (Å²) in [6.45, 7) is 2.49. The number of aromatic nitrogens is 3. The Morgan fingerprint density at radius 1 is 1.26 bits per heavy atom. The largest absolute Gasteiger partial charge is 0.329 e. The highest BCUT2D eigenvalue weighted by Gasteiger charge is 2.27. The molecule has 0 atom stereocenters. The van der Waals surface area contributed by atoms with Gasteiger partial charge in [0.15, 0.2) is 11.0 Å². The number of carbonyl (C=O) groups excluding carboxylic acids is 2. The number of aryl methyl sites for hydroxylation is 1. The molecular weight excluding hydrogens is 314 g/mol. The maximum absolute atomic E-state index is 11.5. The third-order valence-electron chi connectivity index (χ3n) is 3.70. The zero-order valence-corrected chi connectivity index (χ0v) is 13.8. The highest BCUT2D eigenvalue weighted by Crippen LogP contribution is 2.25. The summed E-state index contributed by atoms with van der Waals surface area (Å²) in [7, 11) is 1.91. The number of benzene rings is 1. The van der Waals surface area contributed by atoms with Crippen LogP contribution in [0, 0.1) is 6.92 Å². The lowest BCUT2D eigenvalue weighted by atomic mass is 10.1. The minimum atomic E-state index is -0.325. The Kier molecular flexibility index (Phi) is 4.33. The number of rotatable bonds is 5. The van der Waals surface area contributed by atoms with E-state index in [9.17, 15) is 9.59 Å². The zero-order valence-electron chi connectivity index (χ0n) is 12.9. The van der Waals surface area contributed by atoms with Crippen molar-refractivity contribution in [1.82, 2.24) is 25.0 Å². The Bertz CT molecular complexity index is 742. The molecule has 2 heterocycles. The van der Waals surface area contributed by atoms with Crippen molar-refractivity contribution >= 4 is 23.7 Å². The highest BCUT2D eigenvalue weighted by atomic mass is 32.2. The van der Waals surface area contributed by atoms with E-state index in [1.54, 1.807) is 0 Å². The van der Waals surface area contributed by atoms with Gasteiger partial charge in [-0.2, -0.15) is 0 Å². The van der Waals surface area contributed by atoms with Crippen molar-refractivity contribution in [2.45, 2.75) is 12.1 Å². The molecule has 1 aliphatic heterocycles. The minimum Gasteiger partial charge on any atom is -0.329 e. The summed E-state index contributed by atoms with van der Waals surface area (Å²) < 4.78 is 1.93. The summed E-state index contributed by atoms with van der Waals surface area (Å²) in [6, 6.07) is 7.69. The van der Waals surface area contributed by atoms with Crippen molar-refractivity contribution < 1.29 is 9.59 Å². The van der Waals surface area contributed by atoms with Gasteiger partial charge in [-0.3, -0.25) is 9.69 Å². The predicted molar refractivity (Wildman–Crippen MR) is 87.0 cm³/mol. The van der Waals surface area contributed by atoms with Gasteiger partial charge in [0, 0.05) is 24.9 Å². The molecule has 0 aliphatic carbocycles. The summed E-state index contributed by atoms with van der Waals surface area (Å²) in [5, 5.41) is 11.7. The number of hydrogen-bond acceptors (Lipinski definition) is 5. The number of nitrogens with one attached hydrogen (secondary N) is 1. The van der Waals surface area contributed by atoms with Gasteiger partial charge >= 0.3 is 6.03 Å². The van der Waals surface area contributed by atoms with Crippen molar-refractivity contribution in [3.63, 3.8) is 0 Å². The fraction of sp³-hybridized carbons (Fsp3) is 0.333. The van der Waals surface area contributed by atoms with Gasteiger partial charge < -0.3 is 9.88 Å². The van der Waals surface area contributed by atoms with E-state index in [2.05, 4.69) is 15.5 Å². The maximum Gasteiger partial charge on any atom is 0.324 e. The van der Waals surface area contributed by atoms with Crippen LogP contribution in [0.1, 0.15) is 5.56 Å². The Balaban J connectivity index is 1.67. The second kappa shape index (κ2) is 6.41. The van der Waals surface area contributed by atoms with Crippen LogP contribution in [0.15, 0.2) is 29.4 Å². The smallest absolute Gasteiger partial charge is 0.324 e. The molecule has 1 N–H and O–H groups in total. The van der Waals surface area contributed by atoms with Crippen LogP contribution in [-0.2, 0) is 11.8 Å². The molecule has 0 spiro atoms. The van der Waals surface area contributed by atoms with E-state index in [0.717, 1.165) is 22.1 Å². The second-order valence-electron chi connectivity index (χ2n) is 5.23. The molecule has 1 aliphatic rings. The summed E-state index contributed by atoms with van der Waals surface area (Å²) >= 11 is 1.47. The van der Waals surface area contributed by atoms with Crippen LogP contribution in [0.2, 0.25) is 0 Å². The van der Waals surface area contributed by atoms with E-state index >= 15 is 0 Å². The Morgan fingerprint density at radius 3 is 2.74 bits per heavy atom. The monoisotopic (exact) mass is 331 g/mol. The molecule has 7 nitrogen and oxygen atoms in total. The third-order valence-corrected chi connectivity index (χ3v) is 4.70. The SMILES string of the molecule is Cc1ccccc1-c1nnc(SCCN2C(=O)CNC2=O)n1C. The first-order valence-corrected chi connectivity index (χ1v) is 8.23. The number of hydrogen-bond donors (Lipinski definition) is 1. The normalized spacial score (nSPS) is 14.4. The molecule has 8 heteroatoms. The molecule has 23 heavy (non-hydrogen) atoms. The lowest BCUT2D eigenvalue weighted by Crippen LogP contribution is -2.32. The Labute approximate surface area is 138 Å². The molecule has 1 fully saturated rings. The molecule has 1 saturated heterocycles. The Morgan fingerprint density at radius 2 is 2.04 bits per heavy atom. The zero-order chi connectivity index (χ0) is 16.4. The van der Waals surface area contributed by atoms with E-state index in [4.69, 9.17) is 0 Å². The second-order valence-corrected chi connectivity index (χ2v) is 6.29. The van der Waals surface area contributed by atoms with Crippen LogP contribution in [0.3, 0.4) is 0 Å². The topological polar surface area (TPSA) is 80.1 Å². The van der Waals surface area contributed by atoms with E-state index < -0.39 is 0 Å². The van der Waals surface area contributed by atoms with Crippen LogP contribution in [-0.4, -0.2) is 50.4 Å². The fourth-order valence-corrected chi connectivity index (χ4v) is 3.24. The van der Waals surface area contributed by atoms with Gasteiger partial charge in [0.2, 0.25) is 5.91 Å². The number of amides is 3. The molecule has 3 amide bonds. The van der Waals surface area contributed by atoms with Gasteiger partial charge in [0.05, 0.1) is 6.54 Å². The van der Waals surface area contributed by atoms with Crippen LogP contribution < -0.4 is 5.32 Å². The highest BCUT2D eigenvalue weighted by molar-refractivity contribution is 7.99. The molecular formula is C15H17N5O2S. The molecule has 1 aromatic carbocycles. The third kappa shape index (κ3) is 3.07. The van der Waals surface area contributed by atoms with Gasteiger partial charge in [-0.1, -0.05) is 36.0 Å². The first-order chi connectivity index (χ1) is 11.1. The van der Waals surface area contributed by atoms with E-state index in [1.165, 1.54) is 16.7 Å². The van der Waals surface area contributed by atoms with E-state index in [-0.39, 0.29) is 18.5 Å². The number of thioether (sulfide) groups is 1. The van der Waals surface area contributed by atoms with Crippen LogP contribution in [0.25, 0.3) is 11.4 Å². The molecule has 0 unspecified atom stereocenters. The average molecular weight is 331 g/mol. The summed E-state index contributed by atoms with van der Waals surface area (Å²) in [5.74, 6) is 1.20. The van der Waals surface area contributed by atoms with Crippen LogP contribution in [0.4, 0.5) is 4.79 Å². The summed E-state index contributed by atoms with van der Waals surface area (Å²) in [5.41, 5.74) is 2.18. The van der Waals surface area contributed by atoms with Crippen molar-refractivity contribution in [3.05, 3.63) is 29.8 Å². The standard InChI is InChI=1S/C15H17N5O2S/c1-10-5-3-4-6-11(10)13-17-18-15(19(13)2)23-8-7-20-12(21)9-16-14(20)22/h3-6H,7-9H2,1-2H3,(H,16,22). The average Bonchev–Trinajstić information content (AvgIpc) is 3.05. The van der Waals surface area contributed by atoms with Gasteiger partial charge in [-0.25, -0.2) is 4.79 Å². The van der Waals surface area contributed by atoms with E-state index in [1.807, 2.05) is 42.8 Å². The fourth-order valence-electron chi connectivity index (χ4n) is 2.41. The number of urea groups is 1. The van der Waals surface area contributed by atoms with E-state index in [0.29, 0.717) is 12.3 Å². The van der Waals surface area contributed by atoms with Crippen molar-refractivity contribution in [2.75, 3.05) is 18.8 Å². The Hall–Kier alpha value is -2.35. The lowest BCUT2D eigenvalue weighted by molar-refractivity contribution is -0.124. The summed E-state index contributed by atoms with van der Waals surface area (Å²) in [6.07, 6.45) is 0. The van der Waals surface area contributed by atoms with Crippen LogP contribution in [0.5, 0.6) is 0 Å². The first kappa shape index (κ1) is 15.5. The molecule has 0 radical (unpaired) electrons. The van der Waals surface area contributed by atoms with Crippen molar-refractivity contribution in [2.24, 2.45) is 7.05 Å². The molecule has 3 rings (SSSR count). The molecule has 2 aromatic rings. The number of imide groups is 1. The maximum atomic E-state index is 11.5. The summed E-state index contributed by atoms with van der Waals surface area (Å²) in [4.78, 5) is 24.2. The number of nitrogens with zero attached hydrogens (tertiary/aromatic N) is 4. The molecule has 120 valence electrons. The van der Waals surface area contributed by atoms with Crippen molar-refractivity contribution in [1.29, 1.82) is 0 Å². The predicted octanol–water partition coefficient (Wildman–Crippen LogP) is 1.43. The first-order valence-electron chi connectivity index (χ1n) is 7.24. The molecule has 0 saturated carbocycles.